The lowest BCUT2D eigenvalue weighted by atomic mass is 10.1. The summed E-state index contributed by atoms with van der Waals surface area (Å²) in [5.74, 6) is 0. The van der Waals surface area contributed by atoms with Crippen LogP contribution in [0.5, 0.6) is 0 Å². The van der Waals surface area contributed by atoms with Crippen LogP contribution in [-0.4, -0.2) is 31.2 Å². The first kappa shape index (κ1) is 17.9. The summed E-state index contributed by atoms with van der Waals surface area (Å²) in [5.41, 5.74) is 4.77. The number of hydrogen-bond acceptors (Lipinski definition) is 3. The molecule has 0 bridgehead atoms. The van der Waals surface area contributed by atoms with E-state index in [4.69, 9.17) is 4.98 Å². The number of rotatable bonds is 5. The Bertz CT molecular complexity index is 916. The zero-order chi connectivity index (χ0) is 18.0. The maximum absolute atomic E-state index is 4.95. The molecule has 3 rings (SSSR count). The zero-order valence-electron chi connectivity index (χ0n) is 16.0. The second kappa shape index (κ2) is 7.52. The van der Waals surface area contributed by atoms with Gasteiger partial charge in [0.1, 0.15) is 13.1 Å². The third-order valence-corrected chi connectivity index (χ3v) is 5.98. The van der Waals surface area contributed by atoms with E-state index in [2.05, 4.69) is 74.4 Å². The van der Waals surface area contributed by atoms with E-state index in [-0.39, 0.29) is 0 Å². The number of anilines is 1. The highest BCUT2D eigenvalue weighted by atomic mass is 32.1. The molecule has 1 aliphatic carbocycles. The maximum atomic E-state index is 4.95. The lowest BCUT2D eigenvalue weighted by molar-refractivity contribution is 0.626. The number of hydrogen-bond donors (Lipinski definition) is 0. The maximum Gasteiger partial charge on any atom is 0.201 e. The SMILES string of the molecule is CCN(CC)c1cc(C)c2nc3ccc(=[N+](CC)CC)cc-3sc2c1. The van der Waals surface area contributed by atoms with E-state index in [0.717, 1.165) is 37.4 Å². The van der Waals surface area contributed by atoms with Crippen molar-refractivity contribution in [2.45, 2.75) is 34.6 Å². The van der Waals surface area contributed by atoms with E-state index in [9.17, 15) is 0 Å². The summed E-state index contributed by atoms with van der Waals surface area (Å²) in [5, 5.41) is 1.28. The smallest absolute Gasteiger partial charge is 0.201 e. The molecule has 0 radical (unpaired) electrons. The van der Waals surface area contributed by atoms with Gasteiger partial charge in [0.15, 0.2) is 0 Å². The zero-order valence-corrected chi connectivity index (χ0v) is 16.8. The highest BCUT2D eigenvalue weighted by Crippen LogP contribution is 2.33. The Balaban J connectivity index is 2.26. The molecule has 4 heteroatoms. The van der Waals surface area contributed by atoms with Crippen LogP contribution in [0.4, 0.5) is 5.69 Å². The molecule has 3 nitrogen and oxygen atoms in total. The largest absolute Gasteiger partial charge is 0.372 e. The first-order valence-electron chi connectivity index (χ1n) is 9.29. The van der Waals surface area contributed by atoms with E-state index in [1.807, 2.05) is 11.3 Å². The molecular formula is C21H28N3S+. The lowest BCUT2D eigenvalue weighted by Crippen LogP contribution is -2.29. The predicted molar refractivity (Wildman–Crippen MR) is 111 cm³/mol. The Morgan fingerprint density at radius 1 is 1.00 bits per heavy atom. The Hall–Kier alpha value is -1.94. The van der Waals surface area contributed by atoms with Crippen LogP contribution in [0, 0.1) is 6.92 Å². The second-order valence-corrected chi connectivity index (χ2v) is 7.40. The number of benzene rings is 2. The Labute approximate surface area is 154 Å². The molecule has 132 valence electrons. The average Bonchev–Trinajstić information content (AvgIpc) is 2.62. The third-order valence-electron chi connectivity index (χ3n) is 4.90. The van der Waals surface area contributed by atoms with Crippen molar-refractivity contribution in [1.82, 2.24) is 9.56 Å². The standard InChI is InChI=1S/C21H28N3S/c1-6-23(7-2)16-10-11-18-19(13-16)25-20-14-17(24(8-3)9-4)12-15(5)21(20)22-18/h10-14H,6-9H2,1-5H3/q+1. The molecule has 0 unspecified atom stereocenters. The van der Waals surface area contributed by atoms with Gasteiger partial charge in [-0.3, -0.25) is 0 Å². The van der Waals surface area contributed by atoms with Gasteiger partial charge in [0.2, 0.25) is 5.36 Å². The molecule has 1 aliphatic heterocycles. The van der Waals surface area contributed by atoms with Crippen molar-refractivity contribution in [2.24, 2.45) is 0 Å². The highest BCUT2D eigenvalue weighted by molar-refractivity contribution is 7.21. The summed E-state index contributed by atoms with van der Waals surface area (Å²) in [6.07, 6.45) is 0. The van der Waals surface area contributed by atoms with Crippen molar-refractivity contribution in [3.8, 4) is 10.6 Å². The third kappa shape index (κ3) is 3.40. The van der Waals surface area contributed by atoms with Crippen molar-refractivity contribution in [3.63, 3.8) is 0 Å². The first-order valence-corrected chi connectivity index (χ1v) is 10.1. The summed E-state index contributed by atoms with van der Waals surface area (Å²) in [6.45, 7) is 15.1. The fraction of sp³-hybridized carbons (Fsp3) is 0.429. The van der Waals surface area contributed by atoms with Gasteiger partial charge in [-0.15, -0.1) is 11.3 Å². The van der Waals surface area contributed by atoms with Crippen molar-refractivity contribution in [3.05, 3.63) is 41.3 Å². The average molecular weight is 355 g/mol. The fourth-order valence-electron chi connectivity index (χ4n) is 3.42. The molecule has 0 N–H and O–H groups in total. The number of aryl methyl sites for hydroxylation is 1. The van der Waals surface area contributed by atoms with Gasteiger partial charge in [0.25, 0.3) is 0 Å². The Kier molecular flexibility index (Phi) is 5.38. The molecule has 0 spiro atoms. The van der Waals surface area contributed by atoms with Gasteiger partial charge < -0.3 is 4.90 Å². The van der Waals surface area contributed by atoms with Crippen LogP contribution in [0.1, 0.15) is 33.3 Å². The van der Waals surface area contributed by atoms with Crippen LogP contribution < -0.4 is 14.8 Å². The number of fused-ring (bicyclic) bond motifs is 2. The van der Waals surface area contributed by atoms with Crippen molar-refractivity contribution in [2.75, 3.05) is 31.1 Å². The Morgan fingerprint density at radius 3 is 2.36 bits per heavy atom. The summed E-state index contributed by atoms with van der Waals surface area (Å²) >= 11 is 1.85. The molecule has 0 saturated carbocycles. The molecule has 0 saturated heterocycles. The molecule has 25 heavy (non-hydrogen) atoms. The van der Waals surface area contributed by atoms with Crippen LogP contribution in [0.25, 0.3) is 20.8 Å². The van der Waals surface area contributed by atoms with Crippen LogP contribution in [0.15, 0.2) is 30.3 Å². The van der Waals surface area contributed by atoms with E-state index in [0.29, 0.717) is 0 Å². The molecule has 1 aromatic rings. The second-order valence-electron chi connectivity index (χ2n) is 6.32. The summed E-state index contributed by atoms with van der Waals surface area (Å²) in [7, 11) is 0. The van der Waals surface area contributed by atoms with Crippen LogP contribution in [0.3, 0.4) is 0 Å². The minimum Gasteiger partial charge on any atom is -0.372 e. The molecule has 1 aromatic carbocycles. The van der Waals surface area contributed by atoms with Gasteiger partial charge in [-0.25, -0.2) is 9.56 Å². The normalized spacial score (nSPS) is 11.2. The molecule has 0 aromatic heterocycles. The molecule has 0 atom stereocenters. The Morgan fingerprint density at radius 2 is 1.72 bits per heavy atom. The molecule has 0 amide bonds. The minimum absolute atomic E-state index is 1.03. The van der Waals surface area contributed by atoms with Crippen LogP contribution in [-0.2, 0) is 0 Å². The van der Waals surface area contributed by atoms with Gasteiger partial charge in [-0.05, 0) is 58.4 Å². The van der Waals surface area contributed by atoms with Crippen molar-refractivity contribution < 1.29 is 0 Å². The highest BCUT2D eigenvalue weighted by Gasteiger charge is 2.13. The molecule has 0 fully saturated rings. The summed E-state index contributed by atoms with van der Waals surface area (Å²) in [6, 6.07) is 11.2. The van der Waals surface area contributed by atoms with Gasteiger partial charge in [-0.1, -0.05) is 0 Å². The van der Waals surface area contributed by atoms with Crippen molar-refractivity contribution in [1.29, 1.82) is 0 Å². The van der Waals surface area contributed by atoms with Crippen molar-refractivity contribution >= 4 is 27.2 Å². The lowest BCUT2D eigenvalue weighted by Gasteiger charge is -2.22. The first-order chi connectivity index (χ1) is 12.1. The quantitative estimate of drug-likeness (QED) is 0.501. The van der Waals surface area contributed by atoms with Gasteiger partial charge >= 0.3 is 0 Å². The van der Waals surface area contributed by atoms with Crippen LogP contribution >= 0.6 is 11.3 Å². The number of aromatic nitrogens is 1. The van der Waals surface area contributed by atoms with E-state index in [1.54, 1.807) is 0 Å². The molecule has 2 aliphatic rings. The summed E-state index contributed by atoms with van der Waals surface area (Å²) < 4.78 is 3.65. The van der Waals surface area contributed by atoms with E-state index in [1.165, 1.54) is 26.2 Å². The van der Waals surface area contributed by atoms with Gasteiger partial charge in [-0.2, -0.15) is 0 Å². The fourth-order valence-corrected chi connectivity index (χ4v) is 4.54. The number of nitrogens with zero attached hydrogens (tertiary/aromatic N) is 3. The molecule has 1 heterocycles. The summed E-state index contributed by atoms with van der Waals surface area (Å²) in [4.78, 5) is 8.61. The topological polar surface area (TPSA) is 19.1 Å². The van der Waals surface area contributed by atoms with Crippen LogP contribution in [0.2, 0.25) is 0 Å². The van der Waals surface area contributed by atoms with Gasteiger partial charge in [0.05, 0.1) is 20.8 Å². The predicted octanol–water partition coefficient (Wildman–Crippen LogP) is 4.37. The van der Waals surface area contributed by atoms with Gasteiger partial charge in [0, 0.05) is 30.9 Å². The monoisotopic (exact) mass is 354 g/mol. The van der Waals surface area contributed by atoms with E-state index < -0.39 is 0 Å². The molecular weight excluding hydrogens is 326 g/mol. The van der Waals surface area contributed by atoms with E-state index >= 15 is 0 Å². The minimum atomic E-state index is 1.03.